The number of hydrogen-bond donors (Lipinski definition) is 2. The average Bonchev–Trinajstić information content (AvgIpc) is 2.78. The van der Waals surface area contributed by atoms with Crippen LogP contribution < -0.4 is 10.6 Å². The number of ether oxygens (including phenoxy) is 2. The minimum atomic E-state index is 0.428. The van der Waals surface area contributed by atoms with Gasteiger partial charge in [-0.3, -0.25) is 0 Å². The second-order valence-electron chi connectivity index (χ2n) is 11.1. The van der Waals surface area contributed by atoms with E-state index in [1.807, 2.05) is 0 Å². The molecule has 4 nitrogen and oxygen atoms in total. The van der Waals surface area contributed by atoms with Crippen molar-refractivity contribution in [2.24, 2.45) is 0 Å². The van der Waals surface area contributed by atoms with E-state index >= 15 is 0 Å². The molecule has 0 saturated carbocycles. The van der Waals surface area contributed by atoms with Crippen molar-refractivity contribution in [3.63, 3.8) is 0 Å². The van der Waals surface area contributed by atoms with E-state index in [-0.39, 0.29) is 0 Å². The number of piperidine rings is 2. The van der Waals surface area contributed by atoms with Gasteiger partial charge in [-0.2, -0.15) is 0 Å². The Morgan fingerprint density at radius 1 is 0.438 bits per heavy atom. The van der Waals surface area contributed by atoms with Crippen molar-refractivity contribution in [1.29, 1.82) is 0 Å². The molecule has 0 amide bonds. The molecule has 6 saturated heterocycles. The zero-order valence-corrected chi connectivity index (χ0v) is 21.4. The molecule has 6 aliphatic heterocycles. The van der Waals surface area contributed by atoms with Gasteiger partial charge in [0, 0.05) is 37.4 Å². The van der Waals surface area contributed by atoms with Crippen molar-refractivity contribution in [2.45, 2.75) is 166 Å². The molecule has 0 aliphatic carbocycles. The van der Waals surface area contributed by atoms with Gasteiger partial charge < -0.3 is 20.1 Å². The van der Waals surface area contributed by atoms with Crippen LogP contribution in [0.5, 0.6) is 0 Å². The van der Waals surface area contributed by atoms with Crippen LogP contribution in [0, 0.1) is 0 Å². The first-order chi connectivity index (χ1) is 15.7. The van der Waals surface area contributed by atoms with Crippen LogP contribution in [-0.2, 0) is 9.47 Å². The fourth-order valence-electron chi connectivity index (χ4n) is 6.14. The highest BCUT2D eigenvalue weighted by molar-refractivity contribution is 4.86. The second-order valence-corrected chi connectivity index (χ2v) is 11.1. The lowest BCUT2D eigenvalue weighted by atomic mass is 9.93. The Bertz CT molecular complexity index is 432. The molecule has 6 fully saturated rings. The van der Waals surface area contributed by atoms with Crippen molar-refractivity contribution in [3.05, 3.63) is 0 Å². The van der Waals surface area contributed by atoms with Crippen LogP contribution in [0.4, 0.5) is 0 Å². The maximum atomic E-state index is 6.26. The predicted octanol–water partition coefficient (Wildman–Crippen LogP) is 6.51. The molecule has 6 atom stereocenters. The van der Waals surface area contributed by atoms with Crippen LogP contribution in [0.1, 0.15) is 129 Å². The minimum absolute atomic E-state index is 0.428. The summed E-state index contributed by atoms with van der Waals surface area (Å²) in [6.45, 7) is 6.56. The molecule has 0 aromatic carbocycles. The van der Waals surface area contributed by atoms with Gasteiger partial charge in [-0.25, -0.2) is 0 Å². The summed E-state index contributed by atoms with van der Waals surface area (Å²) in [7, 11) is 0. The van der Waals surface area contributed by atoms with Crippen LogP contribution in [0.3, 0.4) is 0 Å². The van der Waals surface area contributed by atoms with Gasteiger partial charge in [0.15, 0.2) is 0 Å². The Labute approximate surface area is 199 Å². The van der Waals surface area contributed by atoms with Gasteiger partial charge in [-0.05, 0) is 65.2 Å². The van der Waals surface area contributed by atoms with Crippen LogP contribution in [0.15, 0.2) is 0 Å². The quantitative estimate of drug-likeness (QED) is 0.441. The maximum absolute atomic E-state index is 6.26. The Hall–Kier alpha value is -0.160. The first kappa shape index (κ1) is 26.4. The maximum Gasteiger partial charge on any atom is 0.0725 e. The van der Waals surface area contributed by atoms with Crippen LogP contribution in [0.2, 0.25) is 0 Å². The van der Waals surface area contributed by atoms with Crippen molar-refractivity contribution in [2.75, 3.05) is 13.2 Å². The fourth-order valence-corrected chi connectivity index (χ4v) is 6.14. The van der Waals surface area contributed by atoms with Crippen molar-refractivity contribution < 1.29 is 9.47 Å². The number of nitrogens with one attached hydrogen (secondary N) is 2. The normalized spacial score (nSPS) is 38.4. The minimum Gasteiger partial charge on any atom is -0.377 e. The molecule has 3 unspecified atom stereocenters. The monoisotopic (exact) mass is 450 g/mol. The Balaban J connectivity index is 1.36. The van der Waals surface area contributed by atoms with Crippen molar-refractivity contribution in [1.82, 2.24) is 10.6 Å². The van der Waals surface area contributed by atoms with E-state index in [1.165, 1.54) is 116 Å². The first-order valence-corrected chi connectivity index (χ1v) is 14.5. The highest BCUT2D eigenvalue weighted by Gasteiger charge is 2.28. The molecule has 0 radical (unpaired) electrons. The molecule has 0 spiro atoms. The van der Waals surface area contributed by atoms with Gasteiger partial charge >= 0.3 is 0 Å². The third-order valence-electron chi connectivity index (χ3n) is 8.27. The summed E-state index contributed by atoms with van der Waals surface area (Å²) >= 11 is 0. The van der Waals surface area contributed by atoms with Gasteiger partial charge in [0.05, 0.1) is 12.2 Å². The molecule has 6 rings (SSSR count). The van der Waals surface area contributed by atoms with E-state index in [2.05, 4.69) is 24.5 Å². The molecule has 32 heavy (non-hydrogen) atoms. The fraction of sp³-hybridized carbons (Fsp3) is 1.00. The lowest BCUT2D eigenvalue weighted by Crippen LogP contribution is -2.49. The zero-order valence-electron chi connectivity index (χ0n) is 21.4. The molecule has 188 valence electrons. The standard InChI is InChI=1S/C28H54N2O2/c1-23-27-19-17-25(29-23)15-11-7-3-6-10-14-22-32-28-20-18-26(30-24(28)2)16-12-8-4-5-9-13-21-31-27/h23-30H,3-22H2,1-2H3/t23-,24?,25+,26+,27?,28?/m0/s1. The Morgan fingerprint density at radius 2 is 0.812 bits per heavy atom. The third-order valence-corrected chi connectivity index (χ3v) is 8.27. The van der Waals surface area contributed by atoms with Crippen molar-refractivity contribution in [3.8, 4) is 0 Å². The van der Waals surface area contributed by atoms with Gasteiger partial charge in [-0.1, -0.05) is 64.2 Å². The Morgan fingerprint density at radius 3 is 1.22 bits per heavy atom. The van der Waals surface area contributed by atoms with E-state index in [0.717, 1.165) is 13.2 Å². The van der Waals surface area contributed by atoms with Gasteiger partial charge in [-0.15, -0.1) is 0 Å². The number of rotatable bonds is 0. The average molecular weight is 451 g/mol. The van der Waals surface area contributed by atoms with Crippen molar-refractivity contribution >= 4 is 0 Å². The summed E-state index contributed by atoms with van der Waals surface area (Å²) in [6, 6.07) is 2.45. The predicted molar refractivity (Wildman–Crippen MR) is 135 cm³/mol. The third kappa shape index (κ3) is 9.99. The highest BCUT2D eigenvalue weighted by atomic mass is 16.5. The summed E-state index contributed by atoms with van der Waals surface area (Å²) < 4.78 is 12.5. The summed E-state index contributed by atoms with van der Waals surface area (Å²) in [5, 5.41) is 7.70. The molecule has 0 aromatic rings. The SMILES string of the molecule is CC1N[C@@H]2CCCCCCCCOC3CC[C@@H](CCCCCCCCOC1CC2)N[C@H]3C. The van der Waals surface area contributed by atoms with E-state index in [4.69, 9.17) is 9.47 Å². The molecule has 6 heterocycles. The first-order valence-electron chi connectivity index (χ1n) is 14.5. The summed E-state index contributed by atoms with van der Waals surface area (Å²) in [6.07, 6.45) is 24.8. The molecular weight excluding hydrogens is 396 g/mol. The van der Waals surface area contributed by atoms with Crippen LogP contribution in [0.25, 0.3) is 0 Å². The molecular formula is C28H54N2O2. The van der Waals surface area contributed by atoms with E-state index in [1.54, 1.807) is 0 Å². The lowest BCUT2D eigenvalue weighted by molar-refractivity contribution is 0.000650. The molecule has 4 heteroatoms. The number of hydrogen-bond acceptors (Lipinski definition) is 4. The summed E-state index contributed by atoms with van der Waals surface area (Å²) in [5.74, 6) is 0. The van der Waals surface area contributed by atoms with E-state index in [9.17, 15) is 0 Å². The van der Waals surface area contributed by atoms with Crippen LogP contribution >= 0.6 is 0 Å². The van der Waals surface area contributed by atoms with Gasteiger partial charge in [0.1, 0.15) is 0 Å². The lowest BCUT2D eigenvalue weighted by Gasteiger charge is -2.36. The molecule has 6 aliphatic rings. The highest BCUT2D eigenvalue weighted by Crippen LogP contribution is 2.23. The summed E-state index contributed by atoms with van der Waals surface area (Å²) in [4.78, 5) is 0. The topological polar surface area (TPSA) is 42.5 Å². The largest absolute Gasteiger partial charge is 0.377 e. The smallest absolute Gasteiger partial charge is 0.0725 e. The van der Waals surface area contributed by atoms with Gasteiger partial charge in [0.25, 0.3) is 0 Å². The molecule has 0 aromatic heterocycles. The molecule has 2 N–H and O–H groups in total. The van der Waals surface area contributed by atoms with Gasteiger partial charge in [0.2, 0.25) is 0 Å². The van der Waals surface area contributed by atoms with E-state index < -0.39 is 0 Å². The summed E-state index contributed by atoms with van der Waals surface area (Å²) in [5.41, 5.74) is 0. The second kappa shape index (κ2) is 15.7. The van der Waals surface area contributed by atoms with E-state index in [0.29, 0.717) is 36.4 Å². The molecule has 4 bridgehead atoms. The Kier molecular flexibility index (Phi) is 13.0. The van der Waals surface area contributed by atoms with Crippen LogP contribution in [-0.4, -0.2) is 49.6 Å². The zero-order chi connectivity index (χ0) is 22.4.